The third-order valence-electron chi connectivity index (χ3n) is 5.33. The molecule has 4 rings (SSSR count). The number of para-hydroxylation sites is 2. The van der Waals surface area contributed by atoms with E-state index in [1.807, 2.05) is 0 Å². The van der Waals surface area contributed by atoms with Crippen LogP contribution in [0.1, 0.15) is 28.4 Å². The van der Waals surface area contributed by atoms with Gasteiger partial charge in [0.25, 0.3) is 5.91 Å². The second-order valence-corrected chi connectivity index (χ2v) is 7.30. The zero-order valence-corrected chi connectivity index (χ0v) is 17.4. The first-order chi connectivity index (χ1) is 15.5. The van der Waals surface area contributed by atoms with E-state index in [9.17, 15) is 19.5 Å². The molecule has 0 saturated carbocycles. The highest BCUT2D eigenvalue weighted by Crippen LogP contribution is 2.44. The van der Waals surface area contributed by atoms with Gasteiger partial charge in [-0.1, -0.05) is 60.7 Å². The van der Waals surface area contributed by atoms with Gasteiger partial charge in [0.2, 0.25) is 5.91 Å². The molecule has 0 aromatic heterocycles. The average molecular weight is 430 g/mol. The molecular weight excluding hydrogens is 408 g/mol. The van der Waals surface area contributed by atoms with Gasteiger partial charge in [0, 0.05) is 5.56 Å². The van der Waals surface area contributed by atoms with Crippen molar-refractivity contribution in [2.45, 2.75) is 12.5 Å². The maximum Gasteiger partial charge on any atom is 0.340 e. The molecule has 0 aliphatic carbocycles. The zero-order valence-electron chi connectivity index (χ0n) is 17.4. The van der Waals surface area contributed by atoms with Gasteiger partial charge in [0.15, 0.2) is 5.60 Å². The molecule has 1 heterocycles. The molecule has 3 aromatic rings. The van der Waals surface area contributed by atoms with E-state index in [0.29, 0.717) is 16.8 Å². The van der Waals surface area contributed by atoms with Crippen LogP contribution in [0.4, 0.5) is 11.4 Å². The van der Waals surface area contributed by atoms with Crippen LogP contribution in [0.15, 0.2) is 78.9 Å². The van der Waals surface area contributed by atoms with Crippen LogP contribution in [0.5, 0.6) is 0 Å². The van der Waals surface area contributed by atoms with Crippen molar-refractivity contribution < 1.29 is 24.2 Å². The lowest BCUT2D eigenvalue weighted by molar-refractivity contribution is -0.133. The van der Waals surface area contributed by atoms with E-state index in [-0.39, 0.29) is 24.4 Å². The molecule has 1 aliphatic heterocycles. The Morgan fingerprint density at radius 3 is 2.38 bits per heavy atom. The molecule has 32 heavy (non-hydrogen) atoms. The van der Waals surface area contributed by atoms with Crippen LogP contribution in [0.3, 0.4) is 0 Å². The Balaban J connectivity index is 1.62. The van der Waals surface area contributed by atoms with E-state index in [1.54, 1.807) is 85.8 Å². The first-order valence-corrected chi connectivity index (χ1v) is 10.2. The highest BCUT2D eigenvalue weighted by molar-refractivity contribution is 6.13. The summed E-state index contributed by atoms with van der Waals surface area (Å²) in [6.07, 6.45) is 0. The predicted octanol–water partition coefficient (Wildman–Crippen LogP) is 3.08. The number of rotatable bonds is 6. The van der Waals surface area contributed by atoms with Crippen molar-refractivity contribution in [3.63, 3.8) is 0 Å². The maximum absolute atomic E-state index is 13.4. The van der Waals surface area contributed by atoms with Gasteiger partial charge in [-0.05, 0) is 30.7 Å². The average Bonchev–Trinajstić information content (AvgIpc) is 3.03. The van der Waals surface area contributed by atoms with Crippen molar-refractivity contribution in [2.75, 3.05) is 23.4 Å². The van der Waals surface area contributed by atoms with Crippen LogP contribution < -0.4 is 10.2 Å². The fourth-order valence-corrected chi connectivity index (χ4v) is 3.86. The Bertz CT molecular complexity index is 1180. The smallest absolute Gasteiger partial charge is 0.340 e. The highest BCUT2D eigenvalue weighted by Gasteiger charge is 2.51. The Labute approximate surface area is 185 Å². The van der Waals surface area contributed by atoms with Crippen molar-refractivity contribution in [3.8, 4) is 0 Å². The van der Waals surface area contributed by atoms with Gasteiger partial charge in [0.1, 0.15) is 6.54 Å². The third kappa shape index (κ3) is 3.63. The molecule has 1 atom stereocenters. The van der Waals surface area contributed by atoms with Gasteiger partial charge in [-0.2, -0.15) is 0 Å². The van der Waals surface area contributed by atoms with Crippen molar-refractivity contribution in [1.29, 1.82) is 0 Å². The fourth-order valence-electron chi connectivity index (χ4n) is 3.86. The van der Waals surface area contributed by atoms with Crippen LogP contribution in [0.2, 0.25) is 0 Å². The maximum atomic E-state index is 13.4. The molecule has 1 aliphatic rings. The molecule has 0 radical (unpaired) electrons. The quantitative estimate of drug-likeness (QED) is 0.586. The number of carbonyl (C=O) groups excluding carboxylic acids is 3. The summed E-state index contributed by atoms with van der Waals surface area (Å²) >= 11 is 0. The molecule has 7 heteroatoms. The number of aliphatic hydroxyl groups is 1. The second kappa shape index (κ2) is 8.64. The Hall–Kier alpha value is -3.97. The minimum absolute atomic E-state index is 0.207. The normalized spacial score (nSPS) is 17.1. The minimum Gasteiger partial charge on any atom is -0.462 e. The summed E-state index contributed by atoms with van der Waals surface area (Å²) in [6, 6.07) is 22.0. The van der Waals surface area contributed by atoms with E-state index < -0.39 is 23.4 Å². The molecule has 0 bridgehead atoms. The predicted molar refractivity (Wildman–Crippen MR) is 119 cm³/mol. The van der Waals surface area contributed by atoms with Gasteiger partial charge >= 0.3 is 5.97 Å². The number of hydrogen-bond donors (Lipinski definition) is 2. The summed E-state index contributed by atoms with van der Waals surface area (Å²) in [5.74, 6) is -1.68. The zero-order chi connectivity index (χ0) is 22.7. The van der Waals surface area contributed by atoms with Crippen LogP contribution in [0.25, 0.3) is 0 Å². The number of anilines is 2. The molecule has 162 valence electrons. The number of nitrogens with zero attached hydrogens (tertiary/aromatic N) is 1. The molecule has 2 amide bonds. The van der Waals surface area contributed by atoms with E-state index in [4.69, 9.17) is 4.74 Å². The van der Waals surface area contributed by atoms with Crippen molar-refractivity contribution in [3.05, 3.63) is 95.6 Å². The lowest BCUT2D eigenvalue weighted by atomic mass is 9.88. The topological polar surface area (TPSA) is 95.9 Å². The van der Waals surface area contributed by atoms with Crippen LogP contribution in [0, 0.1) is 0 Å². The number of benzene rings is 3. The number of esters is 1. The van der Waals surface area contributed by atoms with Crippen LogP contribution >= 0.6 is 0 Å². The number of nitrogens with one attached hydrogen (secondary N) is 1. The van der Waals surface area contributed by atoms with E-state index in [0.717, 1.165) is 0 Å². The summed E-state index contributed by atoms with van der Waals surface area (Å²) in [4.78, 5) is 39.7. The first kappa shape index (κ1) is 21.3. The highest BCUT2D eigenvalue weighted by atomic mass is 16.5. The van der Waals surface area contributed by atoms with E-state index in [1.165, 1.54) is 4.90 Å². The van der Waals surface area contributed by atoms with Crippen molar-refractivity contribution in [2.24, 2.45) is 0 Å². The molecule has 1 unspecified atom stereocenters. The second-order valence-electron chi connectivity index (χ2n) is 7.30. The van der Waals surface area contributed by atoms with E-state index in [2.05, 4.69) is 5.32 Å². The molecule has 2 N–H and O–H groups in total. The van der Waals surface area contributed by atoms with Crippen LogP contribution in [-0.4, -0.2) is 36.0 Å². The number of hydrogen-bond acceptors (Lipinski definition) is 5. The Morgan fingerprint density at radius 1 is 0.969 bits per heavy atom. The van der Waals surface area contributed by atoms with Gasteiger partial charge < -0.3 is 15.2 Å². The Kier molecular flexibility index (Phi) is 5.75. The van der Waals surface area contributed by atoms with Gasteiger partial charge in [-0.25, -0.2) is 4.79 Å². The number of carbonyl (C=O) groups is 3. The molecule has 3 aromatic carbocycles. The summed E-state index contributed by atoms with van der Waals surface area (Å²) in [5.41, 5.74) is -0.0893. The summed E-state index contributed by atoms with van der Waals surface area (Å²) < 4.78 is 5.04. The minimum atomic E-state index is -1.89. The lowest BCUT2D eigenvalue weighted by Gasteiger charge is -2.23. The molecule has 0 spiro atoms. The van der Waals surface area contributed by atoms with Gasteiger partial charge in [0.05, 0.1) is 23.5 Å². The summed E-state index contributed by atoms with van der Waals surface area (Å²) in [6.45, 7) is 1.57. The van der Waals surface area contributed by atoms with E-state index >= 15 is 0 Å². The Morgan fingerprint density at radius 2 is 1.62 bits per heavy atom. The third-order valence-corrected chi connectivity index (χ3v) is 5.33. The molecular formula is C25H22N2O5. The molecule has 0 fully saturated rings. The first-order valence-electron chi connectivity index (χ1n) is 10.2. The summed E-state index contributed by atoms with van der Waals surface area (Å²) in [5, 5.41) is 14.1. The number of amides is 2. The standard InChI is InChI=1S/C25H22N2O5/c1-2-32-23(29)18-12-6-8-14-20(18)26-22(28)16-27-21-15-9-7-13-19(21)25(31,24(27)30)17-10-4-3-5-11-17/h3-15,31H,2,16H2,1H3,(H,26,28). The van der Waals surface area contributed by atoms with Crippen molar-refractivity contribution >= 4 is 29.2 Å². The van der Waals surface area contributed by atoms with Gasteiger partial charge in [-0.15, -0.1) is 0 Å². The van der Waals surface area contributed by atoms with Gasteiger partial charge in [-0.3, -0.25) is 14.5 Å². The lowest BCUT2D eigenvalue weighted by Crippen LogP contribution is -2.44. The monoisotopic (exact) mass is 430 g/mol. The number of ether oxygens (including phenoxy) is 1. The fraction of sp³-hybridized carbons (Fsp3) is 0.160. The van der Waals surface area contributed by atoms with Crippen LogP contribution in [-0.2, 0) is 19.9 Å². The summed E-state index contributed by atoms with van der Waals surface area (Å²) in [7, 11) is 0. The number of fused-ring (bicyclic) bond motifs is 1. The SMILES string of the molecule is CCOC(=O)c1ccccc1NC(=O)CN1C(=O)C(O)(c2ccccc2)c2ccccc21. The largest absolute Gasteiger partial charge is 0.462 e. The molecule has 7 nitrogen and oxygen atoms in total. The molecule has 0 saturated heterocycles. The van der Waals surface area contributed by atoms with Crippen molar-refractivity contribution in [1.82, 2.24) is 0 Å².